The van der Waals surface area contributed by atoms with E-state index in [-0.39, 0.29) is 4.91 Å². The number of carboxylic acid groups (broad SMARTS) is 1. The van der Waals surface area contributed by atoms with E-state index >= 15 is 0 Å². The van der Waals surface area contributed by atoms with Crippen LogP contribution in [0, 0.1) is 3.57 Å². The molecule has 104 valence electrons. The lowest BCUT2D eigenvalue weighted by molar-refractivity contribution is -0.297. The van der Waals surface area contributed by atoms with Gasteiger partial charge in [-0.1, -0.05) is 19.1 Å². The van der Waals surface area contributed by atoms with E-state index < -0.39 is 5.97 Å². The van der Waals surface area contributed by atoms with Crippen molar-refractivity contribution in [3.63, 3.8) is 0 Å². The quantitative estimate of drug-likeness (QED) is 0.471. The number of aliphatic carboxylic acids is 1. The van der Waals surface area contributed by atoms with Gasteiger partial charge in [0, 0.05) is 14.9 Å². The molecule has 1 heterocycles. The average Bonchev–Trinajstić information content (AvgIpc) is 2.85. The standard InChI is InChI=1S/C13H12IN3O2S/c1-2-11-15-13(17-16-11)20-10(12(18)19)7-8-4-3-5-9(14)6-8/h3-7H,2H2,1H3,(H,18,19)(H,15,16,17)/p-1/b10-7-. The highest BCUT2D eigenvalue weighted by Crippen LogP contribution is 2.25. The molecule has 20 heavy (non-hydrogen) atoms. The van der Waals surface area contributed by atoms with Crippen molar-refractivity contribution >= 4 is 46.4 Å². The van der Waals surface area contributed by atoms with Crippen molar-refractivity contribution < 1.29 is 9.90 Å². The number of nitrogens with zero attached hydrogens (tertiary/aromatic N) is 2. The van der Waals surface area contributed by atoms with Crippen LogP contribution >= 0.6 is 34.4 Å². The Morgan fingerprint density at radius 1 is 1.55 bits per heavy atom. The Balaban J connectivity index is 2.25. The number of halogens is 1. The zero-order valence-electron chi connectivity index (χ0n) is 10.6. The second-order valence-corrected chi connectivity index (χ2v) is 6.13. The molecule has 0 aliphatic carbocycles. The maximum atomic E-state index is 11.2. The van der Waals surface area contributed by atoms with E-state index in [4.69, 9.17) is 0 Å². The lowest BCUT2D eigenvalue weighted by Crippen LogP contribution is -2.23. The van der Waals surface area contributed by atoms with Crippen molar-refractivity contribution in [2.24, 2.45) is 0 Å². The molecule has 0 unspecified atom stereocenters. The minimum Gasteiger partial charge on any atom is -0.544 e. The molecule has 2 rings (SSSR count). The summed E-state index contributed by atoms with van der Waals surface area (Å²) in [6, 6.07) is 7.53. The second-order valence-electron chi connectivity index (χ2n) is 3.87. The van der Waals surface area contributed by atoms with E-state index in [0.29, 0.717) is 5.16 Å². The van der Waals surface area contributed by atoms with Crippen molar-refractivity contribution in [1.82, 2.24) is 15.2 Å². The molecule has 0 fully saturated rings. The van der Waals surface area contributed by atoms with E-state index in [1.807, 2.05) is 31.2 Å². The summed E-state index contributed by atoms with van der Waals surface area (Å²) < 4.78 is 1.03. The maximum absolute atomic E-state index is 11.2. The molecule has 0 bridgehead atoms. The van der Waals surface area contributed by atoms with Gasteiger partial charge < -0.3 is 9.90 Å². The highest BCUT2D eigenvalue weighted by atomic mass is 127. The number of hydrogen-bond donors (Lipinski definition) is 1. The normalized spacial score (nSPS) is 11.6. The molecule has 1 aromatic heterocycles. The molecule has 0 aliphatic heterocycles. The monoisotopic (exact) mass is 400 g/mol. The number of hydrogen-bond acceptors (Lipinski definition) is 5. The lowest BCUT2D eigenvalue weighted by atomic mass is 10.2. The Hall–Kier alpha value is -1.35. The van der Waals surface area contributed by atoms with Gasteiger partial charge in [-0.15, -0.1) is 5.10 Å². The fourth-order valence-corrected chi connectivity index (χ4v) is 2.75. The first-order chi connectivity index (χ1) is 9.58. The van der Waals surface area contributed by atoms with Crippen molar-refractivity contribution in [1.29, 1.82) is 0 Å². The Morgan fingerprint density at radius 3 is 2.95 bits per heavy atom. The van der Waals surface area contributed by atoms with Crippen LogP contribution in [0.4, 0.5) is 0 Å². The number of carboxylic acids is 1. The van der Waals surface area contributed by atoms with Crippen LogP contribution < -0.4 is 5.11 Å². The topological polar surface area (TPSA) is 81.7 Å². The van der Waals surface area contributed by atoms with Crippen LogP contribution in [-0.4, -0.2) is 21.2 Å². The molecule has 1 N–H and O–H groups in total. The molecule has 5 nitrogen and oxygen atoms in total. The van der Waals surface area contributed by atoms with Gasteiger partial charge in [0.05, 0.1) is 5.97 Å². The summed E-state index contributed by atoms with van der Waals surface area (Å²) in [4.78, 5) is 15.5. The molecule has 0 saturated heterocycles. The summed E-state index contributed by atoms with van der Waals surface area (Å²) >= 11 is 3.15. The molecule has 0 spiro atoms. The van der Waals surface area contributed by atoms with Crippen LogP contribution in [0.3, 0.4) is 0 Å². The van der Waals surface area contributed by atoms with Gasteiger partial charge in [0.15, 0.2) is 0 Å². The van der Waals surface area contributed by atoms with E-state index in [0.717, 1.165) is 33.1 Å². The zero-order chi connectivity index (χ0) is 14.5. The fourth-order valence-electron chi connectivity index (χ4n) is 1.46. The van der Waals surface area contributed by atoms with Gasteiger partial charge in [0.25, 0.3) is 0 Å². The number of carbonyl (C=O) groups is 1. The number of carbonyl (C=O) groups excluding carboxylic acids is 1. The van der Waals surface area contributed by atoms with Gasteiger partial charge in [-0.3, -0.25) is 5.10 Å². The van der Waals surface area contributed by atoms with Crippen LogP contribution in [-0.2, 0) is 11.2 Å². The molecule has 0 amide bonds. The predicted molar refractivity (Wildman–Crippen MR) is 83.8 cm³/mol. The lowest BCUT2D eigenvalue weighted by Gasteiger charge is -2.05. The third kappa shape index (κ3) is 4.07. The summed E-state index contributed by atoms with van der Waals surface area (Å²) in [5.41, 5.74) is 0.801. The number of nitrogens with one attached hydrogen (secondary N) is 1. The summed E-state index contributed by atoms with van der Waals surface area (Å²) in [5, 5.41) is 18.3. The fraction of sp³-hybridized carbons (Fsp3) is 0.154. The van der Waals surface area contributed by atoms with Crippen LogP contribution in [0.25, 0.3) is 6.08 Å². The number of aromatic amines is 1. The molecular formula is C13H11IN3O2S-. The van der Waals surface area contributed by atoms with Crippen molar-refractivity contribution in [2.45, 2.75) is 18.5 Å². The summed E-state index contributed by atoms with van der Waals surface area (Å²) in [5.74, 6) is -0.517. The molecule has 7 heteroatoms. The number of H-pyrrole nitrogens is 1. The van der Waals surface area contributed by atoms with E-state index in [1.54, 1.807) is 6.08 Å². The Kier molecular flexibility index (Phi) is 5.18. The predicted octanol–water partition coefficient (Wildman–Crippen LogP) is 1.85. The van der Waals surface area contributed by atoms with Gasteiger partial charge in [-0.2, -0.15) is 0 Å². The third-order valence-electron chi connectivity index (χ3n) is 2.39. The summed E-state index contributed by atoms with van der Waals surface area (Å²) in [6.45, 7) is 1.94. The highest BCUT2D eigenvalue weighted by molar-refractivity contribution is 14.1. The first kappa shape index (κ1) is 15.0. The summed E-state index contributed by atoms with van der Waals surface area (Å²) in [7, 11) is 0. The molecular weight excluding hydrogens is 389 g/mol. The minimum absolute atomic E-state index is 0.0775. The third-order valence-corrected chi connectivity index (χ3v) is 3.94. The highest BCUT2D eigenvalue weighted by Gasteiger charge is 2.08. The van der Waals surface area contributed by atoms with Crippen LogP contribution in [0.2, 0.25) is 0 Å². The van der Waals surface area contributed by atoms with E-state index in [9.17, 15) is 9.90 Å². The first-order valence-electron chi connectivity index (χ1n) is 5.86. The molecule has 2 aromatic rings. The number of aryl methyl sites for hydroxylation is 1. The minimum atomic E-state index is -1.24. The Labute approximate surface area is 134 Å². The average molecular weight is 400 g/mol. The van der Waals surface area contributed by atoms with Gasteiger partial charge >= 0.3 is 0 Å². The van der Waals surface area contributed by atoms with Gasteiger partial charge in [-0.25, -0.2) is 4.98 Å². The van der Waals surface area contributed by atoms with Crippen molar-refractivity contribution in [3.05, 3.63) is 44.1 Å². The smallest absolute Gasteiger partial charge is 0.213 e. The number of thioether (sulfide) groups is 1. The van der Waals surface area contributed by atoms with Crippen LogP contribution in [0.5, 0.6) is 0 Å². The number of rotatable bonds is 5. The Bertz CT molecular complexity index is 655. The Morgan fingerprint density at radius 2 is 2.35 bits per heavy atom. The second kappa shape index (κ2) is 6.89. The van der Waals surface area contributed by atoms with Crippen molar-refractivity contribution in [3.8, 4) is 0 Å². The maximum Gasteiger partial charge on any atom is 0.213 e. The van der Waals surface area contributed by atoms with Gasteiger partial charge in [0.1, 0.15) is 5.82 Å². The number of benzene rings is 1. The first-order valence-corrected chi connectivity index (χ1v) is 7.75. The molecule has 1 aromatic carbocycles. The molecule has 0 aliphatic rings. The molecule has 0 saturated carbocycles. The van der Waals surface area contributed by atoms with E-state index in [1.165, 1.54) is 0 Å². The largest absolute Gasteiger partial charge is 0.544 e. The zero-order valence-corrected chi connectivity index (χ0v) is 13.6. The summed E-state index contributed by atoms with van der Waals surface area (Å²) in [6.07, 6.45) is 2.28. The number of aromatic nitrogens is 3. The van der Waals surface area contributed by atoms with Crippen molar-refractivity contribution in [2.75, 3.05) is 0 Å². The van der Waals surface area contributed by atoms with Gasteiger partial charge in [-0.05, 0) is 58.1 Å². The van der Waals surface area contributed by atoms with Gasteiger partial charge in [0.2, 0.25) is 5.16 Å². The van der Waals surface area contributed by atoms with Crippen LogP contribution in [0.1, 0.15) is 18.3 Å². The SMILES string of the molecule is CCc1nc(S/C(=C\c2cccc(I)c2)C(=O)[O-])n[nH]1. The van der Waals surface area contributed by atoms with Crippen LogP contribution in [0.15, 0.2) is 34.3 Å². The molecule has 0 radical (unpaired) electrons. The molecule has 0 atom stereocenters. The van der Waals surface area contributed by atoms with E-state index in [2.05, 4.69) is 37.8 Å².